The predicted octanol–water partition coefficient (Wildman–Crippen LogP) is 5.49. The molecule has 1 heterocycles. The van der Waals surface area contributed by atoms with Crippen LogP contribution >= 0.6 is 0 Å². The van der Waals surface area contributed by atoms with Gasteiger partial charge < -0.3 is 9.73 Å². The van der Waals surface area contributed by atoms with Crippen molar-refractivity contribution in [3.63, 3.8) is 0 Å². The highest BCUT2D eigenvalue weighted by Crippen LogP contribution is 2.51. The number of furan rings is 1. The molecule has 0 aromatic carbocycles. The topological polar surface area (TPSA) is 25.2 Å². The van der Waals surface area contributed by atoms with E-state index >= 15 is 0 Å². The van der Waals surface area contributed by atoms with Gasteiger partial charge in [0.2, 0.25) is 0 Å². The molecule has 1 saturated carbocycles. The molecule has 1 N–H and O–H groups in total. The van der Waals surface area contributed by atoms with Gasteiger partial charge in [-0.15, -0.1) is 0 Å². The average Bonchev–Trinajstić information content (AvgIpc) is 3.08. The zero-order chi connectivity index (χ0) is 15.3. The summed E-state index contributed by atoms with van der Waals surface area (Å²) in [6.45, 7) is 10.2. The molecule has 0 bridgehead atoms. The molecule has 0 spiro atoms. The Hall–Kier alpha value is -0.760. The summed E-state index contributed by atoms with van der Waals surface area (Å²) >= 11 is 0. The number of rotatable bonds is 8. The van der Waals surface area contributed by atoms with E-state index in [4.69, 9.17) is 4.42 Å². The van der Waals surface area contributed by atoms with E-state index in [0.29, 0.717) is 11.5 Å². The lowest BCUT2D eigenvalue weighted by molar-refractivity contribution is 0.137. The quantitative estimate of drug-likeness (QED) is 0.685. The van der Waals surface area contributed by atoms with Gasteiger partial charge in [-0.2, -0.15) is 0 Å². The fraction of sp³-hybridized carbons (Fsp3) is 0.789. The maximum atomic E-state index is 6.15. The van der Waals surface area contributed by atoms with Crippen LogP contribution in [0.25, 0.3) is 0 Å². The second-order valence-electron chi connectivity index (χ2n) is 7.21. The summed E-state index contributed by atoms with van der Waals surface area (Å²) in [5.74, 6) is 3.03. The van der Waals surface area contributed by atoms with Crippen molar-refractivity contribution in [2.75, 3.05) is 6.54 Å². The monoisotopic (exact) mass is 291 g/mol. The molecule has 1 fully saturated rings. The first-order valence-electron chi connectivity index (χ1n) is 8.93. The van der Waals surface area contributed by atoms with Crippen LogP contribution in [0.15, 0.2) is 16.5 Å². The van der Waals surface area contributed by atoms with Crippen LogP contribution < -0.4 is 5.32 Å². The molecule has 2 nitrogen and oxygen atoms in total. The summed E-state index contributed by atoms with van der Waals surface area (Å²) in [6, 6.07) is 4.77. The zero-order valence-corrected chi connectivity index (χ0v) is 14.4. The first-order valence-corrected chi connectivity index (χ1v) is 8.93. The highest BCUT2D eigenvalue weighted by Gasteiger charge is 2.43. The van der Waals surface area contributed by atoms with Crippen molar-refractivity contribution in [1.29, 1.82) is 0 Å². The second kappa shape index (κ2) is 7.49. The predicted molar refractivity (Wildman–Crippen MR) is 89.5 cm³/mol. The van der Waals surface area contributed by atoms with Crippen LogP contribution in [0.4, 0.5) is 0 Å². The lowest BCUT2D eigenvalue weighted by Gasteiger charge is -2.38. The number of nitrogens with one attached hydrogen (secondary N) is 1. The van der Waals surface area contributed by atoms with Gasteiger partial charge in [-0.25, -0.2) is 0 Å². The molecular formula is C19H33NO. The Morgan fingerprint density at radius 3 is 2.43 bits per heavy atom. The molecule has 1 aromatic rings. The molecule has 0 radical (unpaired) electrons. The lowest BCUT2D eigenvalue weighted by atomic mass is 9.71. The minimum atomic E-state index is 0.391. The maximum Gasteiger partial charge on any atom is 0.121 e. The smallest absolute Gasteiger partial charge is 0.121 e. The van der Waals surface area contributed by atoms with E-state index in [0.717, 1.165) is 24.6 Å². The van der Waals surface area contributed by atoms with Crippen molar-refractivity contribution in [3.8, 4) is 0 Å². The largest absolute Gasteiger partial charge is 0.464 e. The number of hydrogen-bond donors (Lipinski definition) is 1. The Morgan fingerprint density at radius 1 is 1.19 bits per heavy atom. The molecule has 1 atom stereocenters. The molecule has 0 saturated heterocycles. The number of hydrogen-bond acceptors (Lipinski definition) is 2. The third kappa shape index (κ3) is 3.91. The lowest BCUT2D eigenvalue weighted by Crippen LogP contribution is -2.37. The van der Waals surface area contributed by atoms with E-state index in [1.807, 2.05) is 0 Å². The first-order chi connectivity index (χ1) is 10.1. The number of aryl methyl sites for hydroxylation is 1. The molecule has 1 unspecified atom stereocenters. The average molecular weight is 291 g/mol. The molecule has 1 aromatic heterocycles. The highest BCUT2D eigenvalue weighted by molar-refractivity contribution is 5.15. The Morgan fingerprint density at radius 2 is 1.90 bits per heavy atom. The second-order valence-corrected chi connectivity index (χ2v) is 7.21. The van der Waals surface area contributed by atoms with Gasteiger partial charge in [-0.05, 0) is 55.7 Å². The summed E-state index contributed by atoms with van der Waals surface area (Å²) in [5.41, 5.74) is 0.395. The third-order valence-electron chi connectivity index (χ3n) is 4.94. The van der Waals surface area contributed by atoms with Gasteiger partial charge in [0.15, 0.2) is 0 Å². The van der Waals surface area contributed by atoms with Gasteiger partial charge in [-0.1, -0.05) is 40.5 Å². The maximum absolute atomic E-state index is 6.15. The van der Waals surface area contributed by atoms with Crippen LogP contribution in [0, 0.1) is 11.3 Å². The van der Waals surface area contributed by atoms with E-state index in [1.54, 1.807) is 0 Å². The van der Waals surface area contributed by atoms with Crippen LogP contribution in [0.3, 0.4) is 0 Å². The van der Waals surface area contributed by atoms with E-state index in [2.05, 4.69) is 45.1 Å². The highest BCUT2D eigenvalue weighted by atomic mass is 16.3. The molecule has 2 rings (SSSR count). The Bertz CT molecular complexity index is 415. The van der Waals surface area contributed by atoms with Crippen LogP contribution in [-0.4, -0.2) is 6.54 Å². The van der Waals surface area contributed by atoms with E-state index in [-0.39, 0.29) is 0 Å². The fourth-order valence-electron chi connectivity index (χ4n) is 4.15. The van der Waals surface area contributed by atoms with E-state index in [1.165, 1.54) is 44.3 Å². The standard InChI is InChI=1S/C19H33NO/c1-5-13-20-18(17-10-9-16(6-2)21-17)19(14-15(3)4)11-7-8-12-19/h9-10,15,18,20H,5-8,11-14H2,1-4H3. The van der Waals surface area contributed by atoms with Crippen LogP contribution in [0.1, 0.15) is 83.8 Å². The van der Waals surface area contributed by atoms with Crippen molar-refractivity contribution in [2.24, 2.45) is 11.3 Å². The summed E-state index contributed by atoms with van der Waals surface area (Å²) in [6.07, 6.45) is 8.89. The van der Waals surface area contributed by atoms with Crippen molar-refractivity contribution in [1.82, 2.24) is 5.32 Å². The zero-order valence-electron chi connectivity index (χ0n) is 14.4. The Kier molecular flexibility index (Phi) is 5.92. The minimum absolute atomic E-state index is 0.391. The normalized spacial score (nSPS) is 19.3. The van der Waals surface area contributed by atoms with Crippen LogP contribution in [-0.2, 0) is 6.42 Å². The van der Waals surface area contributed by atoms with Gasteiger partial charge in [0, 0.05) is 6.42 Å². The molecule has 2 heteroatoms. The summed E-state index contributed by atoms with van der Waals surface area (Å²) in [5, 5.41) is 3.82. The van der Waals surface area contributed by atoms with Gasteiger partial charge in [0.05, 0.1) is 6.04 Å². The Labute approximate surface area is 130 Å². The summed E-state index contributed by atoms with van der Waals surface area (Å²) < 4.78 is 6.15. The van der Waals surface area contributed by atoms with Crippen molar-refractivity contribution < 1.29 is 4.42 Å². The van der Waals surface area contributed by atoms with Crippen molar-refractivity contribution in [3.05, 3.63) is 23.7 Å². The van der Waals surface area contributed by atoms with E-state index < -0.39 is 0 Å². The third-order valence-corrected chi connectivity index (χ3v) is 4.94. The molecule has 0 aliphatic heterocycles. The molecule has 0 amide bonds. The molecular weight excluding hydrogens is 258 g/mol. The molecule has 1 aliphatic carbocycles. The van der Waals surface area contributed by atoms with Gasteiger partial charge >= 0.3 is 0 Å². The first kappa shape index (κ1) is 16.6. The molecule has 1 aliphatic rings. The Balaban J connectivity index is 2.27. The minimum Gasteiger partial charge on any atom is -0.464 e. The van der Waals surface area contributed by atoms with Gasteiger partial charge in [0.1, 0.15) is 11.5 Å². The van der Waals surface area contributed by atoms with Crippen LogP contribution in [0.5, 0.6) is 0 Å². The SMILES string of the molecule is CCCNC(c1ccc(CC)o1)C1(CC(C)C)CCCC1. The molecule has 120 valence electrons. The molecule has 21 heavy (non-hydrogen) atoms. The fourth-order valence-corrected chi connectivity index (χ4v) is 4.15. The van der Waals surface area contributed by atoms with Gasteiger partial charge in [0.25, 0.3) is 0 Å². The summed E-state index contributed by atoms with van der Waals surface area (Å²) in [4.78, 5) is 0. The van der Waals surface area contributed by atoms with Crippen molar-refractivity contribution >= 4 is 0 Å². The summed E-state index contributed by atoms with van der Waals surface area (Å²) in [7, 11) is 0. The van der Waals surface area contributed by atoms with Crippen molar-refractivity contribution in [2.45, 2.75) is 78.7 Å². The van der Waals surface area contributed by atoms with Crippen LogP contribution in [0.2, 0.25) is 0 Å². The van der Waals surface area contributed by atoms with E-state index in [9.17, 15) is 0 Å². The van der Waals surface area contributed by atoms with Gasteiger partial charge in [-0.3, -0.25) is 0 Å².